The van der Waals surface area contributed by atoms with Crippen molar-refractivity contribution < 1.29 is 0 Å². The van der Waals surface area contributed by atoms with Crippen molar-refractivity contribution in [1.29, 1.82) is 0 Å². The standard InChI is InChI=1S/C12H18ClN/c1-4-7-12(3,5-2)10-6-8-14-9-11(10)13/h6,8-9H,4-5,7H2,1-3H3. The van der Waals surface area contributed by atoms with Crippen molar-refractivity contribution in [1.82, 2.24) is 4.98 Å². The van der Waals surface area contributed by atoms with Gasteiger partial charge in [0.1, 0.15) is 0 Å². The number of aromatic nitrogens is 1. The molecule has 0 aromatic carbocycles. The predicted octanol–water partition coefficient (Wildman–Crippen LogP) is 4.20. The van der Waals surface area contributed by atoms with E-state index in [0.717, 1.165) is 11.4 Å². The first kappa shape index (κ1) is 11.5. The number of hydrogen-bond donors (Lipinski definition) is 0. The molecule has 1 nitrogen and oxygen atoms in total. The van der Waals surface area contributed by atoms with Gasteiger partial charge < -0.3 is 0 Å². The van der Waals surface area contributed by atoms with E-state index in [-0.39, 0.29) is 5.41 Å². The average molecular weight is 212 g/mol. The van der Waals surface area contributed by atoms with Crippen LogP contribution in [0.15, 0.2) is 18.5 Å². The molecule has 1 unspecified atom stereocenters. The summed E-state index contributed by atoms with van der Waals surface area (Å²) in [4.78, 5) is 4.02. The Morgan fingerprint density at radius 3 is 2.64 bits per heavy atom. The van der Waals surface area contributed by atoms with Crippen LogP contribution in [-0.2, 0) is 5.41 Å². The van der Waals surface area contributed by atoms with Crippen LogP contribution in [0.5, 0.6) is 0 Å². The van der Waals surface area contributed by atoms with Gasteiger partial charge in [0.15, 0.2) is 0 Å². The first-order chi connectivity index (χ1) is 6.64. The van der Waals surface area contributed by atoms with Gasteiger partial charge in [-0.3, -0.25) is 4.98 Å². The first-order valence-electron chi connectivity index (χ1n) is 5.24. The van der Waals surface area contributed by atoms with E-state index < -0.39 is 0 Å². The molecule has 0 spiro atoms. The second-order valence-electron chi connectivity index (χ2n) is 4.02. The van der Waals surface area contributed by atoms with Crippen molar-refractivity contribution in [3.8, 4) is 0 Å². The second-order valence-corrected chi connectivity index (χ2v) is 4.43. The topological polar surface area (TPSA) is 12.9 Å². The van der Waals surface area contributed by atoms with E-state index in [2.05, 4.69) is 25.8 Å². The van der Waals surface area contributed by atoms with Crippen molar-refractivity contribution in [3.05, 3.63) is 29.0 Å². The third kappa shape index (κ3) is 2.27. The lowest BCUT2D eigenvalue weighted by atomic mass is 9.77. The Morgan fingerprint density at radius 1 is 1.43 bits per heavy atom. The highest BCUT2D eigenvalue weighted by Crippen LogP contribution is 2.35. The number of nitrogens with zero attached hydrogens (tertiary/aromatic N) is 1. The normalized spacial score (nSPS) is 15.1. The SMILES string of the molecule is CCCC(C)(CC)c1ccncc1Cl. The van der Waals surface area contributed by atoms with Crippen molar-refractivity contribution in [2.45, 2.75) is 45.4 Å². The van der Waals surface area contributed by atoms with Gasteiger partial charge in [-0.2, -0.15) is 0 Å². The summed E-state index contributed by atoms with van der Waals surface area (Å²) in [6.07, 6.45) is 7.03. The lowest BCUT2D eigenvalue weighted by Gasteiger charge is -2.29. The molecule has 78 valence electrons. The molecule has 1 heterocycles. The Labute approximate surface area is 91.5 Å². The second kappa shape index (κ2) is 4.79. The van der Waals surface area contributed by atoms with Crippen LogP contribution in [-0.4, -0.2) is 4.98 Å². The van der Waals surface area contributed by atoms with E-state index in [1.807, 2.05) is 12.3 Å². The quantitative estimate of drug-likeness (QED) is 0.728. The smallest absolute Gasteiger partial charge is 0.0626 e. The summed E-state index contributed by atoms with van der Waals surface area (Å²) < 4.78 is 0. The maximum Gasteiger partial charge on any atom is 0.0626 e. The maximum atomic E-state index is 6.16. The molecule has 1 atom stereocenters. The van der Waals surface area contributed by atoms with Crippen LogP contribution in [0.2, 0.25) is 5.02 Å². The molecule has 1 rings (SSSR count). The monoisotopic (exact) mass is 211 g/mol. The summed E-state index contributed by atoms with van der Waals surface area (Å²) in [5.41, 5.74) is 1.44. The van der Waals surface area contributed by atoms with Gasteiger partial charge in [-0.15, -0.1) is 0 Å². The molecule has 1 aromatic heterocycles. The van der Waals surface area contributed by atoms with E-state index in [1.54, 1.807) is 6.20 Å². The van der Waals surface area contributed by atoms with Gasteiger partial charge in [-0.05, 0) is 29.9 Å². The highest BCUT2D eigenvalue weighted by Gasteiger charge is 2.25. The van der Waals surface area contributed by atoms with Gasteiger partial charge in [-0.25, -0.2) is 0 Å². The van der Waals surface area contributed by atoms with Gasteiger partial charge in [-0.1, -0.05) is 38.8 Å². The molecule has 0 radical (unpaired) electrons. The molecule has 1 aromatic rings. The minimum atomic E-state index is 0.203. The summed E-state index contributed by atoms with van der Waals surface area (Å²) in [5.74, 6) is 0. The summed E-state index contributed by atoms with van der Waals surface area (Å²) in [6, 6.07) is 2.04. The third-order valence-corrected chi connectivity index (χ3v) is 3.31. The van der Waals surface area contributed by atoms with E-state index in [9.17, 15) is 0 Å². The molecule has 0 aliphatic rings. The third-order valence-electron chi connectivity index (χ3n) is 3.00. The van der Waals surface area contributed by atoms with Gasteiger partial charge in [0.2, 0.25) is 0 Å². The van der Waals surface area contributed by atoms with Crippen LogP contribution in [0.3, 0.4) is 0 Å². The summed E-state index contributed by atoms with van der Waals surface area (Å²) in [7, 11) is 0. The van der Waals surface area contributed by atoms with E-state index >= 15 is 0 Å². The van der Waals surface area contributed by atoms with Crippen LogP contribution in [0.1, 0.15) is 45.6 Å². The van der Waals surface area contributed by atoms with Gasteiger partial charge in [0.05, 0.1) is 5.02 Å². The molecule has 2 heteroatoms. The zero-order chi connectivity index (χ0) is 10.6. The molecule has 0 N–H and O–H groups in total. The van der Waals surface area contributed by atoms with Crippen LogP contribution in [0.25, 0.3) is 0 Å². The first-order valence-corrected chi connectivity index (χ1v) is 5.62. The van der Waals surface area contributed by atoms with Crippen LogP contribution in [0.4, 0.5) is 0 Å². The molecule has 0 amide bonds. The molecule has 14 heavy (non-hydrogen) atoms. The summed E-state index contributed by atoms with van der Waals surface area (Å²) >= 11 is 6.16. The Hall–Kier alpha value is -0.560. The molecule has 0 aliphatic carbocycles. The summed E-state index contributed by atoms with van der Waals surface area (Å²) in [5, 5.41) is 0.797. The van der Waals surface area contributed by atoms with Gasteiger partial charge in [0.25, 0.3) is 0 Å². The highest BCUT2D eigenvalue weighted by atomic mass is 35.5. The van der Waals surface area contributed by atoms with Gasteiger partial charge in [0, 0.05) is 12.4 Å². The zero-order valence-electron chi connectivity index (χ0n) is 9.18. The Bertz CT molecular complexity index is 298. The fourth-order valence-electron chi connectivity index (χ4n) is 1.92. The lowest BCUT2D eigenvalue weighted by molar-refractivity contribution is 0.413. The van der Waals surface area contributed by atoms with E-state index in [1.165, 1.54) is 18.4 Å². The minimum absolute atomic E-state index is 0.203. The fourth-order valence-corrected chi connectivity index (χ4v) is 2.27. The van der Waals surface area contributed by atoms with Crippen molar-refractivity contribution in [2.75, 3.05) is 0 Å². The number of halogens is 1. The van der Waals surface area contributed by atoms with Crippen LogP contribution in [0, 0.1) is 0 Å². The summed E-state index contributed by atoms with van der Waals surface area (Å²) in [6.45, 7) is 6.70. The Morgan fingerprint density at radius 2 is 2.14 bits per heavy atom. The molecule has 0 aliphatic heterocycles. The molecule has 0 saturated heterocycles. The minimum Gasteiger partial charge on any atom is -0.263 e. The van der Waals surface area contributed by atoms with Crippen molar-refractivity contribution in [3.63, 3.8) is 0 Å². The molecular weight excluding hydrogens is 194 g/mol. The number of pyridine rings is 1. The van der Waals surface area contributed by atoms with Crippen molar-refractivity contribution >= 4 is 11.6 Å². The molecular formula is C12H18ClN. The van der Waals surface area contributed by atoms with Crippen LogP contribution >= 0.6 is 11.6 Å². The maximum absolute atomic E-state index is 6.16. The molecule has 0 saturated carbocycles. The Balaban J connectivity index is 3.05. The fraction of sp³-hybridized carbons (Fsp3) is 0.583. The zero-order valence-corrected chi connectivity index (χ0v) is 9.93. The number of hydrogen-bond acceptors (Lipinski definition) is 1. The molecule has 0 bridgehead atoms. The largest absolute Gasteiger partial charge is 0.263 e. The van der Waals surface area contributed by atoms with Crippen molar-refractivity contribution in [2.24, 2.45) is 0 Å². The predicted molar refractivity (Wildman–Crippen MR) is 61.8 cm³/mol. The Kier molecular flexibility index (Phi) is 3.94. The highest BCUT2D eigenvalue weighted by molar-refractivity contribution is 6.31. The van der Waals surface area contributed by atoms with E-state index in [0.29, 0.717) is 0 Å². The average Bonchev–Trinajstić information content (AvgIpc) is 2.18. The lowest BCUT2D eigenvalue weighted by Crippen LogP contribution is -2.21. The number of rotatable bonds is 4. The van der Waals surface area contributed by atoms with E-state index in [4.69, 9.17) is 11.6 Å². The van der Waals surface area contributed by atoms with Gasteiger partial charge >= 0.3 is 0 Å². The molecule has 0 fully saturated rings. The van der Waals surface area contributed by atoms with Crippen LogP contribution < -0.4 is 0 Å².